The van der Waals surface area contributed by atoms with Crippen molar-refractivity contribution in [2.24, 2.45) is 0 Å². The Kier molecular flexibility index (Phi) is 3.49. The third kappa shape index (κ3) is 2.25. The number of ether oxygens (including phenoxy) is 1. The average Bonchev–Trinajstić information content (AvgIpc) is 2.12. The van der Waals surface area contributed by atoms with E-state index in [1.165, 1.54) is 19.1 Å². The van der Waals surface area contributed by atoms with E-state index in [-0.39, 0.29) is 21.4 Å². The van der Waals surface area contributed by atoms with Crippen LogP contribution in [0.1, 0.15) is 17.3 Å². The van der Waals surface area contributed by atoms with Gasteiger partial charge in [0, 0.05) is 12.5 Å². The van der Waals surface area contributed by atoms with Crippen molar-refractivity contribution in [1.29, 1.82) is 0 Å². The van der Waals surface area contributed by atoms with Crippen LogP contribution in [0.3, 0.4) is 0 Å². The highest BCUT2D eigenvalue weighted by atomic mass is 35.5. The van der Waals surface area contributed by atoms with Gasteiger partial charge in [-0.3, -0.25) is 9.59 Å². The number of hydrogen-bond donors (Lipinski definition) is 0. The monoisotopic (exact) mass is 232 g/mol. The number of benzene rings is 1. The van der Waals surface area contributed by atoms with Gasteiger partial charge in [0.25, 0.3) is 0 Å². The van der Waals surface area contributed by atoms with Gasteiger partial charge < -0.3 is 4.74 Å². The summed E-state index contributed by atoms with van der Waals surface area (Å²) in [6.45, 7) is 1.22. The van der Waals surface area contributed by atoms with E-state index in [1.807, 2.05) is 0 Å². The van der Waals surface area contributed by atoms with Crippen molar-refractivity contribution in [1.82, 2.24) is 0 Å². The second kappa shape index (κ2) is 4.44. The summed E-state index contributed by atoms with van der Waals surface area (Å²) in [5.41, 5.74) is 0.229. The first-order valence-corrected chi connectivity index (χ1v) is 4.43. The van der Waals surface area contributed by atoms with Crippen molar-refractivity contribution < 1.29 is 14.3 Å². The molecule has 0 spiro atoms. The molecule has 0 aliphatic carbocycles. The number of rotatable bonds is 2. The molecule has 0 aromatic heterocycles. The third-order valence-corrected chi connectivity index (χ3v) is 2.14. The molecule has 5 heteroatoms. The standard InChI is InChI=1S/C9H6Cl2O3/c1-5(13)14-9-7(10)3-2-6(4-12)8(9)11/h2-4H,1H3. The molecule has 14 heavy (non-hydrogen) atoms. The molecule has 3 nitrogen and oxygen atoms in total. The maximum atomic E-state index is 10.7. The second-order valence-corrected chi connectivity index (χ2v) is 3.28. The molecule has 0 atom stereocenters. The molecule has 1 rings (SSSR count). The highest BCUT2D eigenvalue weighted by molar-refractivity contribution is 6.38. The Balaban J connectivity index is 3.24. The van der Waals surface area contributed by atoms with Crippen LogP contribution < -0.4 is 4.74 Å². The summed E-state index contributed by atoms with van der Waals surface area (Å²) in [6.07, 6.45) is 0.561. The Hall–Kier alpha value is -1.06. The number of aldehydes is 1. The van der Waals surface area contributed by atoms with E-state index in [2.05, 4.69) is 0 Å². The molecule has 0 heterocycles. The minimum absolute atomic E-state index is 0.0189. The third-order valence-electron chi connectivity index (χ3n) is 1.45. The average molecular weight is 233 g/mol. The van der Waals surface area contributed by atoms with Crippen LogP contribution in [0.25, 0.3) is 0 Å². The Morgan fingerprint density at radius 1 is 1.43 bits per heavy atom. The van der Waals surface area contributed by atoms with Gasteiger partial charge in [0.2, 0.25) is 0 Å². The van der Waals surface area contributed by atoms with Gasteiger partial charge in [-0.25, -0.2) is 0 Å². The molecule has 0 aliphatic heterocycles. The van der Waals surface area contributed by atoms with Crippen LogP contribution in [0, 0.1) is 0 Å². The van der Waals surface area contributed by atoms with E-state index in [0.717, 1.165) is 0 Å². The predicted octanol–water partition coefficient (Wildman–Crippen LogP) is 2.73. The van der Waals surface area contributed by atoms with Crippen LogP contribution in [0.5, 0.6) is 5.75 Å². The zero-order valence-electron chi connectivity index (χ0n) is 7.21. The molecule has 0 unspecified atom stereocenters. The number of carbonyl (C=O) groups is 2. The quantitative estimate of drug-likeness (QED) is 0.448. The Morgan fingerprint density at radius 3 is 2.57 bits per heavy atom. The highest BCUT2D eigenvalue weighted by Gasteiger charge is 2.13. The fraction of sp³-hybridized carbons (Fsp3) is 0.111. The number of halogens is 2. The number of esters is 1. The van der Waals surface area contributed by atoms with Crippen LogP contribution in [-0.2, 0) is 4.79 Å². The van der Waals surface area contributed by atoms with Gasteiger partial charge in [0.05, 0.1) is 10.0 Å². The molecular weight excluding hydrogens is 227 g/mol. The summed E-state index contributed by atoms with van der Waals surface area (Å²) in [7, 11) is 0. The lowest BCUT2D eigenvalue weighted by Crippen LogP contribution is -2.03. The summed E-state index contributed by atoms with van der Waals surface area (Å²) in [4.78, 5) is 21.2. The summed E-state index contributed by atoms with van der Waals surface area (Å²) in [5, 5.41) is 0.235. The van der Waals surface area contributed by atoms with Crippen molar-refractivity contribution in [2.75, 3.05) is 0 Å². The molecule has 0 aliphatic rings. The minimum Gasteiger partial charge on any atom is -0.423 e. The molecule has 0 fully saturated rings. The first-order valence-electron chi connectivity index (χ1n) is 3.68. The molecule has 0 bridgehead atoms. The summed E-state index contributed by atoms with van der Waals surface area (Å²) in [6, 6.07) is 2.89. The van der Waals surface area contributed by atoms with Crippen LogP contribution in [0.4, 0.5) is 0 Å². The minimum atomic E-state index is -0.545. The fourth-order valence-corrected chi connectivity index (χ4v) is 1.37. The normalized spacial score (nSPS) is 9.64. The fourth-order valence-electron chi connectivity index (χ4n) is 0.876. The van der Waals surface area contributed by atoms with Gasteiger partial charge in [-0.1, -0.05) is 23.2 Å². The van der Waals surface area contributed by atoms with Crippen molar-refractivity contribution in [3.05, 3.63) is 27.7 Å². The Labute approximate surface area is 90.6 Å². The Morgan fingerprint density at radius 2 is 2.07 bits per heavy atom. The van der Waals surface area contributed by atoms with Crippen molar-refractivity contribution in [3.8, 4) is 5.75 Å². The van der Waals surface area contributed by atoms with Gasteiger partial charge in [-0.05, 0) is 12.1 Å². The van der Waals surface area contributed by atoms with Crippen LogP contribution in [0.15, 0.2) is 12.1 Å². The lowest BCUT2D eigenvalue weighted by atomic mass is 10.2. The maximum absolute atomic E-state index is 10.7. The van der Waals surface area contributed by atoms with Crippen LogP contribution in [-0.4, -0.2) is 12.3 Å². The van der Waals surface area contributed by atoms with E-state index in [9.17, 15) is 9.59 Å². The second-order valence-electron chi connectivity index (χ2n) is 2.49. The highest BCUT2D eigenvalue weighted by Crippen LogP contribution is 2.34. The molecular formula is C9H6Cl2O3. The SMILES string of the molecule is CC(=O)Oc1c(Cl)ccc(C=O)c1Cl. The summed E-state index contributed by atoms with van der Waals surface area (Å²) < 4.78 is 4.76. The van der Waals surface area contributed by atoms with Crippen molar-refractivity contribution >= 4 is 35.5 Å². The van der Waals surface area contributed by atoms with E-state index in [4.69, 9.17) is 27.9 Å². The molecule has 0 saturated carbocycles. The summed E-state index contributed by atoms with van der Waals surface area (Å²) in [5.74, 6) is -0.526. The van der Waals surface area contributed by atoms with Crippen LogP contribution >= 0.6 is 23.2 Å². The maximum Gasteiger partial charge on any atom is 0.308 e. The molecule has 1 aromatic rings. The molecule has 74 valence electrons. The van der Waals surface area contributed by atoms with Gasteiger partial charge in [-0.15, -0.1) is 0 Å². The van der Waals surface area contributed by atoms with Crippen LogP contribution in [0.2, 0.25) is 10.0 Å². The largest absolute Gasteiger partial charge is 0.423 e. The summed E-state index contributed by atoms with van der Waals surface area (Å²) >= 11 is 11.5. The molecule has 0 saturated heterocycles. The Bertz CT molecular complexity index is 388. The zero-order chi connectivity index (χ0) is 10.7. The van der Waals surface area contributed by atoms with E-state index >= 15 is 0 Å². The molecule has 0 N–H and O–H groups in total. The number of hydrogen-bond acceptors (Lipinski definition) is 3. The van der Waals surface area contributed by atoms with Crippen molar-refractivity contribution in [3.63, 3.8) is 0 Å². The van der Waals surface area contributed by atoms with Crippen molar-refractivity contribution in [2.45, 2.75) is 6.92 Å². The predicted molar refractivity (Wildman–Crippen MR) is 53.2 cm³/mol. The molecule has 0 amide bonds. The topological polar surface area (TPSA) is 43.4 Å². The first-order chi connectivity index (χ1) is 6.56. The van der Waals surface area contributed by atoms with E-state index < -0.39 is 5.97 Å². The van der Waals surface area contributed by atoms with Gasteiger partial charge in [0.1, 0.15) is 0 Å². The lowest BCUT2D eigenvalue weighted by molar-refractivity contribution is -0.131. The molecule has 0 radical (unpaired) electrons. The van der Waals surface area contributed by atoms with Gasteiger partial charge in [-0.2, -0.15) is 0 Å². The van der Waals surface area contributed by atoms with E-state index in [1.54, 1.807) is 0 Å². The first kappa shape index (κ1) is 11.0. The van der Waals surface area contributed by atoms with Gasteiger partial charge >= 0.3 is 5.97 Å². The lowest BCUT2D eigenvalue weighted by Gasteiger charge is -2.07. The smallest absolute Gasteiger partial charge is 0.308 e. The van der Waals surface area contributed by atoms with Gasteiger partial charge in [0.15, 0.2) is 12.0 Å². The van der Waals surface area contributed by atoms with E-state index in [0.29, 0.717) is 6.29 Å². The zero-order valence-corrected chi connectivity index (χ0v) is 8.72. The molecule has 1 aromatic carbocycles. The number of carbonyl (C=O) groups excluding carboxylic acids is 2.